The van der Waals surface area contributed by atoms with E-state index in [2.05, 4.69) is 5.32 Å². The molecule has 6 heteroatoms. The van der Waals surface area contributed by atoms with Gasteiger partial charge in [-0.15, -0.1) is 11.8 Å². The van der Waals surface area contributed by atoms with Crippen molar-refractivity contribution in [3.8, 4) is 5.75 Å². The minimum absolute atomic E-state index is 0.0792. The van der Waals surface area contributed by atoms with E-state index in [0.29, 0.717) is 23.1 Å². The zero-order valence-electron chi connectivity index (χ0n) is 13.0. The number of fused-ring (bicyclic) bond motifs is 1. The average Bonchev–Trinajstić information content (AvgIpc) is 2.57. The van der Waals surface area contributed by atoms with Crippen molar-refractivity contribution in [2.45, 2.75) is 24.2 Å². The maximum Gasteiger partial charge on any atom is 0.224 e. The number of hydrogen-bond acceptors (Lipinski definition) is 3. The second kappa shape index (κ2) is 8.15. The molecule has 0 bridgehead atoms. The van der Waals surface area contributed by atoms with E-state index in [1.807, 2.05) is 36.4 Å². The van der Waals surface area contributed by atoms with Crippen molar-refractivity contribution < 1.29 is 9.53 Å². The normalized spacial score (nSPS) is 13.3. The number of thioether (sulfide) groups is 1. The molecule has 0 radical (unpaired) electrons. The molecule has 24 heavy (non-hydrogen) atoms. The summed E-state index contributed by atoms with van der Waals surface area (Å²) in [6, 6.07) is 11.5. The van der Waals surface area contributed by atoms with Crippen LogP contribution in [0.3, 0.4) is 0 Å². The number of carbonyl (C=O) groups is 1. The van der Waals surface area contributed by atoms with E-state index in [1.54, 1.807) is 11.8 Å². The van der Waals surface area contributed by atoms with E-state index in [-0.39, 0.29) is 5.91 Å². The third kappa shape index (κ3) is 4.59. The highest BCUT2D eigenvalue weighted by Crippen LogP contribution is 2.29. The molecular formula is C18H17Cl2NO2S. The first-order chi connectivity index (χ1) is 11.6. The van der Waals surface area contributed by atoms with Gasteiger partial charge < -0.3 is 10.1 Å². The molecule has 0 saturated carbocycles. The monoisotopic (exact) mass is 381 g/mol. The number of anilines is 1. The van der Waals surface area contributed by atoms with Gasteiger partial charge >= 0.3 is 0 Å². The Morgan fingerprint density at radius 3 is 2.79 bits per heavy atom. The number of rotatable bonds is 6. The standard InChI is InChI=1S/C18H17Cl2NO2S/c19-15-5-4-14(11-16(15)20)24-9-1-8-23-13-3-6-17-12(10-13)2-7-18(22)21-17/h3-6,10-11H,1-2,7-9H2,(H,21,22). The quantitative estimate of drug-likeness (QED) is 0.534. The summed E-state index contributed by atoms with van der Waals surface area (Å²) in [4.78, 5) is 12.5. The van der Waals surface area contributed by atoms with Crippen LogP contribution in [0.25, 0.3) is 0 Å². The molecule has 2 aromatic carbocycles. The molecule has 1 N–H and O–H groups in total. The van der Waals surface area contributed by atoms with Crippen molar-refractivity contribution in [2.24, 2.45) is 0 Å². The molecule has 126 valence electrons. The van der Waals surface area contributed by atoms with Gasteiger partial charge in [0.1, 0.15) is 5.75 Å². The SMILES string of the molecule is O=C1CCc2cc(OCCCSc3ccc(Cl)c(Cl)c3)ccc2N1. The predicted molar refractivity (Wildman–Crippen MR) is 101 cm³/mol. The van der Waals surface area contributed by atoms with Crippen molar-refractivity contribution in [1.82, 2.24) is 0 Å². The minimum Gasteiger partial charge on any atom is -0.494 e. The molecule has 3 nitrogen and oxygen atoms in total. The lowest BCUT2D eigenvalue weighted by molar-refractivity contribution is -0.116. The molecular weight excluding hydrogens is 365 g/mol. The fourth-order valence-corrected chi connectivity index (χ4v) is 3.68. The Morgan fingerprint density at radius 1 is 1.08 bits per heavy atom. The van der Waals surface area contributed by atoms with Crippen molar-refractivity contribution >= 4 is 46.6 Å². The summed E-state index contributed by atoms with van der Waals surface area (Å²) in [5.74, 6) is 1.87. The average molecular weight is 382 g/mol. The number of ether oxygens (including phenoxy) is 1. The molecule has 0 atom stereocenters. The van der Waals surface area contributed by atoms with Crippen molar-refractivity contribution in [3.05, 3.63) is 52.0 Å². The number of halogens is 2. The van der Waals surface area contributed by atoms with Crippen molar-refractivity contribution in [1.29, 1.82) is 0 Å². The number of hydrogen-bond donors (Lipinski definition) is 1. The smallest absolute Gasteiger partial charge is 0.224 e. The van der Waals surface area contributed by atoms with Gasteiger partial charge in [-0.3, -0.25) is 4.79 Å². The molecule has 1 aliphatic rings. The molecule has 0 aliphatic carbocycles. The lowest BCUT2D eigenvalue weighted by Gasteiger charge is -2.17. The second-order valence-corrected chi connectivity index (χ2v) is 7.48. The van der Waals surface area contributed by atoms with Crippen LogP contribution >= 0.6 is 35.0 Å². The van der Waals surface area contributed by atoms with Crippen LogP contribution in [-0.4, -0.2) is 18.3 Å². The van der Waals surface area contributed by atoms with Gasteiger partial charge in [-0.1, -0.05) is 23.2 Å². The predicted octanol–water partition coefficient (Wildman–Crippen LogP) is 5.44. The minimum atomic E-state index is 0.0792. The molecule has 1 aliphatic heterocycles. The van der Waals surface area contributed by atoms with Crippen LogP contribution < -0.4 is 10.1 Å². The van der Waals surface area contributed by atoms with Gasteiger partial charge in [0.15, 0.2) is 0 Å². The number of nitrogens with one attached hydrogen (secondary N) is 1. The summed E-state index contributed by atoms with van der Waals surface area (Å²) < 4.78 is 5.81. The van der Waals surface area contributed by atoms with Gasteiger partial charge in [0, 0.05) is 22.8 Å². The summed E-state index contributed by atoms with van der Waals surface area (Å²) in [5.41, 5.74) is 2.03. The summed E-state index contributed by atoms with van der Waals surface area (Å²) in [6.45, 7) is 0.652. The Bertz CT molecular complexity index is 752. The van der Waals surface area contributed by atoms with Crippen LogP contribution in [0, 0.1) is 0 Å². The molecule has 0 saturated heterocycles. The maximum atomic E-state index is 11.4. The van der Waals surface area contributed by atoms with Gasteiger partial charge in [-0.25, -0.2) is 0 Å². The molecule has 0 spiro atoms. The Hall–Kier alpha value is -1.36. The summed E-state index contributed by atoms with van der Waals surface area (Å²) in [6.07, 6.45) is 2.24. The highest BCUT2D eigenvalue weighted by Gasteiger charge is 2.14. The van der Waals surface area contributed by atoms with E-state index in [4.69, 9.17) is 27.9 Å². The van der Waals surface area contributed by atoms with Crippen LogP contribution in [0.1, 0.15) is 18.4 Å². The topological polar surface area (TPSA) is 38.3 Å². The lowest BCUT2D eigenvalue weighted by atomic mass is 10.0. The molecule has 1 amide bonds. The first-order valence-electron chi connectivity index (χ1n) is 7.75. The van der Waals surface area contributed by atoms with Gasteiger partial charge in [0.2, 0.25) is 5.91 Å². The third-order valence-electron chi connectivity index (χ3n) is 3.69. The van der Waals surface area contributed by atoms with E-state index < -0.39 is 0 Å². The van der Waals surface area contributed by atoms with Crippen molar-refractivity contribution in [3.63, 3.8) is 0 Å². The number of benzene rings is 2. The van der Waals surface area contributed by atoms with E-state index in [0.717, 1.165) is 40.5 Å². The van der Waals surface area contributed by atoms with Gasteiger partial charge in [-0.05, 0) is 54.8 Å². The number of aryl methyl sites for hydroxylation is 1. The van der Waals surface area contributed by atoms with Gasteiger partial charge in [-0.2, -0.15) is 0 Å². The Kier molecular flexibility index (Phi) is 5.93. The third-order valence-corrected chi connectivity index (χ3v) is 5.51. The first kappa shape index (κ1) is 17.5. The molecule has 0 aromatic heterocycles. The largest absolute Gasteiger partial charge is 0.494 e. The van der Waals surface area contributed by atoms with Crippen LogP contribution in [0.15, 0.2) is 41.3 Å². The van der Waals surface area contributed by atoms with Crippen LogP contribution in [0.2, 0.25) is 10.0 Å². The zero-order valence-corrected chi connectivity index (χ0v) is 15.3. The van der Waals surface area contributed by atoms with Crippen LogP contribution in [0.4, 0.5) is 5.69 Å². The molecule has 0 unspecified atom stereocenters. The molecule has 0 fully saturated rings. The number of amides is 1. The Morgan fingerprint density at radius 2 is 1.96 bits per heavy atom. The van der Waals surface area contributed by atoms with Crippen molar-refractivity contribution in [2.75, 3.05) is 17.7 Å². The molecule has 2 aromatic rings. The first-order valence-corrected chi connectivity index (χ1v) is 9.49. The van der Waals surface area contributed by atoms with Crippen LogP contribution in [0.5, 0.6) is 5.75 Å². The number of carbonyl (C=O) groups excluding carboxylic acids is 1. The summed E-state index contributed by atoms with van der Waals surface area (Å²) in [5, 5.41) is 4.03. The summed E-state index contributed by atoms with van der Waals surface area (Å²) in [7, 11) is 0. The maximum absolute atomic E-state index is 11.4. The summed E-state index contributed by atoms with van der Waals surface area (Å²) >= 11 is 13.6. The highest BCUT2D eigenvalue weighted by atomic mass is 35.5. The zero-order chi connectivity index (χ0) is 16.9. The molecule has 1 heterocycles. The van der Waals surface area contributed by atoms with Gasteiger partial charge in [0.05, 0.1) is 16.7 Å². The fraction of sp³-hybridized carbons (Fsp3) is 0.278. The van der Waals surface area contributed by atoms with Crippen LogP contribution in [-0.2, 0) is 11.2 Å². The van der Waals surface area contributed by atoms with E-state index >= 15 is 0 Å². The Balaban J connectivity index is 1.43. The van der Waals surface area contributed by atoms with Gasteiger partial charge in [0.25, 0.3) is 0 Å². The lowest BCUT2D eigenvalue weighted by Crippen LogP contribution is -2.18. The molecule has 3 rings (SSSR count). The fourth-order valence-electron chi connectivity index (χ4n) is 2.46. The second-order valence-electron chi connectivity index (χ2n) is 5.49. The van der Waals surface area contributed by atoms with E-state index in [1.165, 1.54) is 0 Å². The van der Waals surface area contributed by atoms with E-state index in [9.17, 15) is 4.79 Å². The highest BCUT2D eigenvalue weighted by molar-refractivity contribution is 7.99. The Labute approximate surface area is 155 Å².